The molecule has 2 aromatic rings. The zero-order valence-corrected chi connectivity index (χ0v) is 11.2. The lowest BCUT2D eigenvalue weighted by Gasteiger charge is -2.04. The van der Waals surface area contributed by atoms with Gasteiger partial charge in [0.2, 0.25) is 0 Å². The number of rotatable bonds is 3. The van der Waals surface area contributed by atoms with Crippen LogP contribution in [0.3, 0.4) is 0 Å². The Morgan fingerprint density at radius 3 is 2.62 bits per heavy atom. The fourth-order valence-corrected chi connectivity index (χ4v) is 1.60. The molecule has 0 atom stereocenters. The second-order valence-electron chi connectivity index (χ2n) is 4.19. The number of carbonyl (C=O) groups excluding carboxylic acids is 1. The molecule has 0 spiro atoms. The molecule has 1 aromatic carbocycles. The monoisotopic (exact) mass is 282 g/mol. The standard InChI is InChI=1S/C15H14N4O2/c16-9-1-2-11-3-5-12(6-4-11)10-17-15(21)13-7-8-14(20)19-18-13/h3-8H,9-10,16H2,(H,17,21)(H,19,20). The largest absolute Gasteiger partial charge is 0.347 e. The first kappa shape index (κ1) is 14.5. The zero-order valence-electron chi connectivity index (χ0n) is 11.2. The Hall–Kier alpha value is -2.91. The minimum absolute atomic E-state index is 0.167. The Kier molecular flexibility index (Phi) is 4.85. The molecule has 2 rings (SSSR count). The third kappa shape index (κ3) is 4.30. The molecule has 0 fully saturated rings. The zero-order chi connectivity index (χ0) is 15.1. The Bertz CT molecular complexity index is 718. The van der Waals surface area contributed by atoms with E-state index in [0.29, 0.717) is 13.1 Å². The molecule has 0 saturated carbocycles. The van der Waals surface area contributed by atoms with Crippen LogP contribution in [0.1, 0.15) is 21.6 Å². The highest BCUT2D eigenvalue weighted by molar-refractivity contribution is 5.91. The van der Waals surface area contributed by atoms with Crippen molar-refractivity contribution in [1.82, 2.24) is 15.5 Å². The molecule has 0 radical (unpaired) electrons. The third-order valence-electron chi connectivity index (χ3n) is 2.65. The van der Waals surface area contributed by atoms with Crippen molar-refractivity contribution < 1.29 is 4.79 Å². The molecular weight excluding hydrogens is 268 g/mol. The van der Waals surface area contributed by atoms with Crippen molar-refractivity contribution in [2.45, 2.75) is 6.54 Å². The lowest BCUT2D eigenvalue weighted by molar-refractivity contribution is 0.0945. The maximum atomic E-state index is 11.8. The smallest absolute Gasteiger partial charge is 0.271 e. The summed E-state index contributed by atoms with van der Waals surface area (Å²) >= 11 is 0. The van der Waals surface area contributed by atoms with E-state index in [2.05, 4.69) is 27.4 Å². The highest BCUT2D eigenvalue weighted by Crippen LogP contribution is 2.03. The number of aromatic nitrogens is 2. The number of nitrogens with one attached hydrogen (secondary N) is 2. The average molecular weight is 282 g/mol. The predicted molar refractivity (Wildman–Crippen MR) is 78.4 cm³/mol. The normalized spacial score (nSPS) is 9.57. The van der Waals surface area contributed by atoms with Gasteiger partial charge in [0.05, 0.1) is 6.54 Å². The molecule has 1 heterocycles. The third-order valence-corrected chi connectivity index (χ3v) is 2.65. The minimum atomic E-state index is -0.349. The summed E-state index contributed by atoms with van der Waals surface area (Å²) in [5, 5.41) is 8.59. The van der Waals surface area contributed by atoms with Crippen LogP contribution in [-0.4, -0.2) is 22.6 Å². The average Bonchev–Trinajstić information content (AvgIpc) is 2.52. The van der Waals surface area contributed by atoms with E-state index in [4.69, 9.17) is 5.73 Å². The van der Waals surface area contributed by atoms with Crippen LogP contribution in [0.5, 0.6) is 0 Å². The van der Waals surface area contributed by atoms with Gasteiger partial charge in [0.25, 0.3) is 11.5 Å². The molecule has 0 bridgehead atoms. The topological polar surface area (TPSA) is 101 Å². The lowest BCUT2D eigenvalue weighted by atomic mass is 10.1. The quantitative estimate of drug-likeness (QED) is 0.690. The van der Waals surface area contributed by atoms with Gasteiger partial charge in [0.1, 0.15) is 5.69 Å². The van der Waals surface area contributed by atoms with Crippen LogP contribution in [0, 0.1) is 11.8 Å². The SMILES string of the molecule is NCC#Cc1ccc(CNC(=O)c2ccc(=O)[nH]n2)cc1. The number of nitrogens with zero attached hydrogens (tertiary/aromatic N) is 1. The van der Waals surface area contributed by atoms with Gasteiger partial charge in [0.15, 0.2) is 0 Å². The summed E-state index contributed by atoms with van der Waals surface area (Å²) in [7, 11) is 0. The van der Waals surface area contributed by atoms with Crippen LogP contribution in [0.4, 0.5) is 0 Å². The molecule has 0 aliphatic heterocycles. The molecule has 1 aromatic heterocycles. The van der Waals surface area contributed by atoms with Gasteiger partial charge in [-0.05, 0) is 23.8 Å². The van der Waals surface area contributed by atoms with Gasteiger partial charge >= 0.3 is 0 Å². The van der Waals surface area contributed by atoms with E-state index in [9.17, 15) is 9.59 Å². The Morgan fingerprint density at radius 1 is 1.24 bits per heavy atom. The van der Waals surface area contributed by atoms with Crippen molar-refractivity contribution >= 4 is 5.91 Å². The van der Waals surface area contributed by atoms with Crippen molar-refractivity contribution in [3.8, 4) is 11.8 Å². The highest BCUT2D eigenvalue weighted by atomic mass is 16.2. The molecule has 6 nitrogen and oxygen atoms in total. The number of H-pyrrole nitrogens is 1. The van der Waals surface area contributed by atoms with Gasteiger partial charge in [0, 0.05) is 18.2 Å². The van der Waals surface area contributed by atoms with E-state index in [1.165, 1.54) is 12.1 Å². The molecule has 0 unspecified atom stereocenters. The number of amides is 1. The van der Waals surface area contributed by atoms with Crippen LogP contribution in [0.15, 0.2) is 41.2 Å². The highest BCUT2D eigenvalue weighted by Gasteiger charge is 2.06. The Labute approximate surface area is 121 Å². The van der Waals surface area contributed by atoms with Crippen LogP contribution < -0.4 is 16.6 Å². The maximum absolute atomic E-state index is 11.8. The second kappa shape index (κ2) is 7.03. The molecule has 0 aliphatic rings. The molecule has 1 amide bonds. The molecular formula is C15H14N4O2. The van der Waals surface area contributed by atoms with Crippen molar-refractivity contribution in [3.05, 3.63) is 63.6 Å². The summed E-state index contributed by atoms with van der Waals surface area (Å²) in [5.41, 5.74) is 6.93. The molecule has 6 heteroatoms. The van der Waals surface area contributed by atoms with Gasteiger partial charge in [-0.25, -0.2) is 5.10 Å². The summed E-state index contributed by atoms with van der Waals surface area (Å²) in [5.74, 6) is 5.34. The van der Waals surface area contributed by atoms with Gasteiger partial charge in [-0.15, -0.1) is 0 Å². The van der Waals surface area contributed by atoms with E-state index >= 15 is 0 Å². The number of benzene rings is 1. The van der Waals surface area contributed by atoms with E-state index in [1.54, 1.807) is 0 Å². The van der Waals surface area contributed by atoms with E-state index in [-0.39, 0.29) is 17.2 Å². The molecule has 21 heavy (non-hydrogen) atoms. The van der Waals surface area contributed by atoms with Gasteiger partial charge < -0.3 is 11.1 Å². The number of hydrogen-bond acceptors (Lipinski definition) is 4. The van der Waals surface area contributed by atoms with Crippen LogP contribution in [-0.2, 0) is 6.54 Å². The van der Waals surface area contributed by atoms with Crippen molar-refractivity contribution in [3.63, 3.8) is 0 Å². The van der Waals surface area contributed by atoms with E-state index in [1.807, 2.05) is 24.3 Å². The molecule has 4 N–H and O–H groups in total. The van der Waals surface area contributed by atoms with Crippen LogP contribution in [0.2, 0.25) is 0 Å². The van der Waals surface area contributed by atoms with Crippen LogP contribution in [0.25, 0.3) is 0 Å². The van der Waals surface area contributed by atoms with E-state index in [0.717, 1.165) is 11.1 Å². The first-order valence-corrected chi connectivity index (χ1v) is 6.31. The second-order valence-corrected chi connectivity index (χ2v) is 4.19. The summed E-state index contributed by atoms with van der Waals surface area (Å²) in [4.78, 5) is 22.7. The first-order chi connectivity index (χ1) is 10.2. The number of carbonyl (C=O) groups is 1. The van der Waals surface area contributed by atoms with Crippen molar-refractivity contribution in [2.24, 2.45) is 5.73 Å². The lowest BCUT2D eigenvalue weighted by Crippen LogP contribution is -2.25. The fourth-order valence-electron chi connectivity index (χ4n) is 1.60. The van der Waals surface area contributed by atoms with E-state index < -0.39 is 0 Å². The number of aromatic amines is 1. The Morgan fingerprint density at radius 2 is 2.00 bits per heavy atom. The molecule has 0 saturated heterocycles. The first-order valence-electron chi connectivity index (χ1n) is 6.31. The number of nitrogens with two attached hydrogens (primary N) is 1. The Balaban J connectivity index is 1.95. The minimum Gasteiger partial charge on any atom is -0.347 e. The summed E-state index contributed by atoms with van der Waals surface area (Å²) in [6.45, 7) is 0.689. The fraction of sp³-hybridized carbons (Fsp3) is 0.133. The van der Waals surface area contributed by atoms with Gasteiger partial charge in [-0.3, -0.25) is 9.59 Å². The number of hydrogen-bond donors (Lipinski definition) is 3. The maximum Gasteiger partial charge on any atom is 0.271 e. The predicted octanol–water partition coefficient (Wildman–Crippen LogP) is 0.0101. The van der Waals surface area contributed by atoms with Crippen molar-refractivity contribution in [2.75, 3.05) is 6.54 Å². The van der Waals surface area contributed by atoms with Crippen molar-refractivity contribution in [1.29, 1.82) is 0 Å². The summed E-state index contributed by atoms with van der Waals surface area (Å²) in [6.07, 6.45) is 0. The van der Waals surface area contributed by atoms with Crippen LogP contribution >= 0.6 is 0 Å². The summed E-state index contributed by atoms with van der Waals surface area (Å²) < 4.78 is 0. The van der Waals surface area contributed by atoms with Gasteiger partial charge in [-0.1, -0.05) is 24.0 Å². The summed E-state index contributed by atoms with van der Waals surface area (Å²) in [6, 6.07) is 10.1. The van der Waals surface area contributed by atoms with Gasteiger partial charge in [-0.2, -0.15) is 5.10 Å². The molecule has 106 valence electrons. The molecule has 0 aliphatic carbocycles.